The lowest BCUT2D eigenvalue weighted by Crippen LogP contribution is -2.27. The lowest BCUT2D eigenvalue weighted by molar-refractivity contribution is 0.0526. The van der Waals surface area contributed by atoms with Crippen molar-refractivity contribution >= 4 is 15.9 Å². The van der Waals surface area contributed by atoms with Gasteiger partial charge >= 0.3 is 0 Å². The molecule has 0 fully saturated rings. The van der Waals surface area contributed by atoms with Gasteiger partial charge in [0.1, 0.15) is 0 Å². The molecule has 2 aromatic rings. The van der Waals surface area contributed by atoms with Gasteiger partial charge in [0.2, 0.25) is 5.82 Å². The molecule has 0 atom stereocenters. The standard InChI is InChI=1S/C11H13BrN4O/c1-11(2,17)7-16-14-10(13-15-16)8-3-5-9(12)6-4-8/h3-6,17H,7H2,1-2H3. The van der Waals surface area contributed by atoms with Crippen molar-refractivity contribution in [3.8, 4) is 11.4 Å². The van der Waals surface area contributed by atoms with E-state index in [1.54, 1.807) is 13.8 Å². The van der Waals surface area contributed by atoms with Crippen LogP contribution in [0.4, 0.5) is 0 Å². The minimum atomic E-state index is -0.850. The van der Waals surface area contributed by atoms with E-state index in [2.05, 4.69) is 31.3 Å². The van der Waals surface area contributed by atoms with Crippen LogP contribution in [0.25, 0.3) is 11.4 Å². The molecule has 0 aliphatic rings. The van der Waals surface area contributed by atoms with E-state index in [0.717, 1.165) is 10.0 Å². The number of aliphatic hydroxyl groups is 1. The van der Waals surface area contributed by atoms with Gasteiger partial charge in [0.05, 0.1) is 12.1 Å². The molecule has 0 saturated heterocycles. The van der Waals surface area contributed by atoms with Crippen LogP contribution in [0.3, 0.4) is 0 Å². The van der Waals surface area contributed by atoms with Crippen LogP contribution in [0.2, 0.25) is 0 Å². The summed E-state index contributed by atoms with van der Waals surface area (Å²) in [7, 11) is 0. The molecule has 1 N–H and O–H groups in total. The first-order chi connectivity index (χ1) is 7.94. The fourth-order valence-electron chi connectivity index (χ4n) is 1.37. The first-order valence-electron chi connectivity index (χ1n) is 5.20. The maximum Gasteiger partial charge on any atom is 0.204 e. The van der Waals surface area contributed by atoms with E-state index in [0.29, 0.717) is 12.4 Å². The predicted molar refractivity (Wildman–Crippen MR) is 67.3 cm³/mol. The van der Waals surface area contributed by atoms with Gasteiger partial charge in [-0.2, -0.15) is 4.80 Å². The number of hydrogen-bond donors (Lipinski definition) is 1. The Hall–Kier alpha value is -1.27. The molecule has 17 heavy (non-hydrogen) atoms. The van der Waals surface area contributed by atoms with E-state index in [-0.39, 0.29) is 0 Å². The van der Waals surface area contributed by atoms with Crippen molar-refractivity contribution in [2.24, 2.45) is 0 Å². The topological polar surface area (TPSA) is 63.8 Å². The van der Waals surface area contributed by atoms with Crippen LogP contribution in [0, 0.1) is 0 Å². The SMILES string of the molecule is CC(C)(O)Cn1nnc(-c2ccc(Br)cc2)n1. The van der Waals surface area contributed by atoms with Crippen LogP contribution in [0.5, 0.6) is 0 Å². The molecule has 1 aromatic carbocycles. The lowest BCUT2D eigenvalue weighted by atomic mass is 10.1. The summed E-state index contributed by atoms with van der Waals surface area (Å²) >= 11 is 3.37. The number of tetrazole rings is 1. The average Bonchev–Trinajstić information content (AvgIpc) is 2.64. The molecule has 0 aliphatic carbocycles. The van der Waals surface area contributed by atoms with Crippen LogP contribution >= 0.6 is 15.9 Å². The zero-order valence-electron chi connectivity index (χ0n) is 9.63. The summed E-state index contributed by atoms with van der Waals surface area (Å²) in [4.78, 5) is 1.40. The smallest absolute Gasteiger partial charge is 0.204 e. The molecule has 0 bridgehead atoms. The molecule has 0 amide bonds. The van der Waals surface area contributed by atoms with Gasteiger partial charge in [-0.3, -0.25) is 0 Å². The van der Waals surface area contributed by atoms with Gasteiger partial charge in [-0.25, -0.2) is 0 Å². The third-order valence-corrected chi connectivity index (χ3v) is 2.61. The Kier molecular flexibility index (Phi) is 3.26. The zero-order chi connectivity index (χ0) is 12.5. The molecule has 1 aromatic heterocycles. The molecule has 0 spiro atoms. The minimum Gasteiger partial charge on any atom is -0.388 e. The molecular formula is C11H13BrN4O. The minimum absolute atomic E-state index is 0.316. The van der Waals surface area contributed by atoms with Crippen molar-refractivity contribution in [2.45, 2.75) is 26.0 Å². The molecule has 6 heteroatoms. The monoisotopic (exact) mass is 296 g/mol. The number of benzene rings is 1. The molecule has 0 radical (unpaired) electrons. The van der Waals surface area contributed by atoms with Gasteiger partial charge in [0.25, 0.3) is 0 Å². The highest BCUT2D eigenvalue weighted by Crippen LogP contribution is 2.17. The third-order valence-electron chi connectivity index (χ3n) is 2.08. The van der Waals surface area contributed by atoms with E-state index in [1.165, 1.54) is 4.80 Å². The van der Waals surface area contributed by atoms with Gasteiger partial charge in [0.15, 0.2) is 0 Å². The Morgan fingerprint density at radius 3 is 2.53 bits per heavy atom. The van der Waals surface area contributed by atoms with E-state index in [1.807, 2.05) is 24.3 Å². The number of hydrogen-bond acceptors (Lipinski definition) is 4. The second-order valence-corrected chi connectivity index (χ2v) is 5.38. The summed E-state index contributed by atoms with van der Waals surface area (Å²) < 4.78 is 1.00. The average molecular weight is 297 g/mol. The maximum absolute atomic E-state index is 9.65. The van der Waals surface area contributed by atoms with E-state index in [9.17, 15) is 5.11 Å². The van der Waals surface area contributed by atoms with E-state index < -0.39 is 5.60 Å². The van der Waals surface area contributed by atoms with Crippen LogP contribution in [-0.4, -0.2) is 30.9 Å². The molecule has 0 unspecified atom stereocenters. The highest BCUT2D eigenvalue weighted by Gasteiger charge is 2.16. The second-order valence-electron chi connectivity index (χ2n) is 4.46. The molecule has 2 rings (SSSR count). The number of aromatic nitrogens is 4. The highest BCUT2D eigenvalue weighted by molar-refractivity contribution is 9.10. The van der Waals surface area contributed by atoms with Crippen molar-refractivity contribution < 1.29 is 5.11 Å². The van der Waals surface area contributed by atoms with Crippen molar-refractivity contribution in [1.29, 1.82) is 0 Å². The van der Waals surface area contributed by atoms with Crippen molar-refractivity contribution in [1.82, 2.24) is 20.2 Å². The maximum atomic E-state index is 9.65. The summed E-state index contributed by atoms with van der Waals surface area (Å²) in [5.74, 6) is 0.557. The van der Waals surface area contributed by atoms with Crippen LogP contribution in [-0.2, 0) is 6.54 Å². The first-order valence-corrected chi connectivity index (χ1v) is 5.99. The summed E-state index contributed by atoms with van der Waals surface area (Å²) in [5, 5.41) is 21.7. The molecule has 0 saturated carbocycles. The van der Waals surface area contributed by atoms with Gasteiger partial charge in [-0.05, 0) is 43.3 Å². The van der Waals surface area contributed by atoms with Gasteiger partial charge in [-0.15, -0.1) is 10.2 Å². The summed E-state index contributed by atoms with van der Waals surface area (Å²) in [6.45, 7) is 3.72. The van der Waals surface area contributed by atoms with Crippen LogP contribution in [0.15, 0.2) is 28.7 Å². The summed E-state index contributed by atoms with van der Waals surface area (Å²) in [5.41, 5.74) is 0.0488. The van der Waals surface area contributed by atoms with Gasteiger partial charge in [-0.1, -0.05) is 15.9 Å². The predicted octanol–water partition coefficient (Wildman–Crippen LogP) is 1.87. The van der Waals surface area contributed by atoms with Gasteiger partial charge < -0.3 is 5.11 Å². The number of rotatable bonds is 3. The molecule has 1 heterocycles. The Morgan fingerprint density at radius 2 is 1.94 bits per heavy atom. The number of nitrogens with zero attached hydrogens (tertiary/aromatic N) is 4. The lowest BCUT2D eigenvalue weighted by Gasteiger charge is -2.14. The van der Waals surface area contributed by atoms with E-state index in [4.69, 9.17) is 0 Å². The summed E-state index contributed by atoms with van der Waals surface area (Å²) in [6.07, 6.45) is 0. The third kappa shape index (κ3) is 3.34. The normalized spacial score (nSPS) is 11.8. The Bertz CT molecular complexity index is 501. The second kappa shape index (κ2) is 4.54. The molecular weight excluding hydrogens is 284 g/mol. The molecule has 0 aliphatic heterocycles. The van der Waals surface area contributed by atoms with E-state index >= 15 is 0 Å². The highest BCUT2D eigenvalue weighted by atomic mass is 79.9. The fourth-order valence-corrected chi connectivity index (χ4v) is 1.64. The Balaban J connectivity index is 2.21. The largest absolute Gasteiger partial charge is 0.388 e. The van der Waals surface area contributed by atoms with Gasteiger partial charge in [0, 0.05) is 10.0 Å². The molecule has 90 valence electrons. The fraction of sp³-hybridized carbons (Fsp3) is 0.364. The van der Waals surface area contributed by atoms with Crippen LogP contribution in [0.1, 0.15) is 13.8 Å². The van der Waals surface area contributed by atoms with Crippen molar-refractivity contribution in [3.63, 3.8) is 0 Å². The van der Waals surface area contributed by atoms with Crippen LogP contribution < -0.4 is 0 Å². The Morgan fingerprint density at radius 1 is 1.29 bits per heavy atom. The van der Waals surface area contributed by atoms with Crippen molar-refractivity contribution in [2.75, 3.05) is 0 Å². The zero-order valence-corrected chi connectivity index (χ0v) is 11.2. The van der Waals surface area contributed by atoms with Crippen molar-refractivity contribution in [3.05, 3.63) is 28.7 Å². The first kappa shape index (κ1) is 12.2. The number of halogens is 1. The molecule has 5 nitrogen and oxygen atoms in total. The summed E-state index contributed by atoms with van der Waals surface area (Å²) in [6, 6.07) is 7.67. The Labute approximate surface area is 108 Å². The quantitative estimate of drug-likeness (QED) is 0.939.